The maximum atomic E-state index is 9.16. The van der Waals surface area contributed by atoms with Crippen LogP contribution in [-0.2, 0) is 0 Å². The third kappa shape index (κ3) is 2.90. The smallest absolute Gasteiger partial charge is 0.224 e. The van der Waals surface area contributed by atoms with Crippen molar-refractivity contribution in [3.63, 3.8) is 0 Å². The van der Waals surface area contributed by atoms with Gasteiger partial charge in [-0.05, 0) is 32.6 Å². The van der Waals surface area contributed by atoms with Gasteiger partial charge in [-0.25, -0.2) is 4.98 Å². The summed E-state index contributed by atoms with van der Waals surface area (Å²) in [6.45, 7) is 7.15. The predicted octanol–water partition coefficient (Wildman–Crippen LogP) is 1.43. The lowest BCUT2D eigenvalue weighted by molar-refractivity contribution is 0.202. The van der Waals surface area contributed by atoms with Crippen LogP contribution in [-0.4, -0.2) is 41.3 Å². The van der Waals surface area contributed by atoms with Gasteiger partial charge in [-0.1, -0.05) is 0 Å². The first-order chi connectivity index (χ1) is 8.74. The molecular formula is C13H22N4O. The first-order valence-corrected chi connectivity index (χ1v) is 6.68. The lowest BCUT2D eigenvalue weighted by Crippen LogP contribution is -2.35. The molecular weight excluding hydrogens is 228 g/mol. The van der Waals surface area contributed by atoms with Crippen LogP contribution in [0, 0.1) is 12.8 Å². The van der Waals surface area contributed by atoms with E-state index in [1.165, 1.54) is 0 Å². The van der Waals surface area contributed by atoms with Gasteiger partial charge in [0.2, 0.25) is 5.95 Å². The molecule has 0 amide bonds. The molecule has 1 aromatic rings. The molecule has 0 bridgehead atoms. The summed E-state index contributed by atoms with van der Waals surface area (Å²) in [5, 5.41) is 12.3. The Kier molecular flexibility index (Phi) is 4.36. The molecule has 1 saturated heterocycles. The zero-order chi connectivity index (χ0) is 13.0. The number of nitrogens with zero attached hydrogens (tertiary/aromatic N) is 3. The third-order valence-electron chi connectivity index (χ3n) is 3.45. The van der Waals surface area contributed by atoms with E-state index in [2.05, 4.69) is 20.2 Å². The fourth-order valence-electron chi connectivity index (χ4n) is 2.32. The lowest BCUT2D eigenvalue weighted by Gasteiger charge is -2.32. The van der Waals surface area contributed by atoms with Crippen LogP contribution in [0.4, 0.5) is 11.8 Å². The van der Waals surface area contributed by atoms with Crippen LogP contribution in [0.1, 0.15) is 25.3 Å². The van der Waals surface area contributed by atoms with Crippen LogP contribution in [0.15, 0.2) is 6.20 Å². The molecule has 1 aliphatic rings. The van der Waals surface area contributed by atoms with Gasteiger partial charge in [0.25, 0.3) is 0 Å². The Balaban J connectivity index is 2.10. The fraction of sp³-hybridized carbons (Fsp3) is 0.692. The Hall–Kier alpha value is -1.36. The van der Waals surface area contributed by atoms with Crippen molar-refractivity contribution < 1.29 is 5.11 Å². The summed E-state index contributed by atoms with van der Waals surface area (Å²) in [4.78, 5) is 11.1. The van der Waals surface area contributed by atoms with E-state index in [0.29, 0.717) is 18.5 Å². The van der Waals surface area contributed by atoms with Crippen molar-refractivity contribution in [2.75, 3.05) is 36.5 Å². The number of aliphatic hydroxyl groups is 1. The molecule has 100 valence electrons. The second-order valence-electron chi connectivity index (χ2n) is 4.84. The second kappa shape index (κ2) is 6.00. The molecule has 2 N–H and O–H groups in total. The Labute approximate surface area is 108 Å². The van der Waals surface area contributed by atoms with Crippen LogP contribution in [0.25, 0.3) is 0 Å². The van der Waals surface area contributed by atoms with Crippen molar-refractivity contribution in [2.24, 2.45) is 5.92 Å². The number of aryl methyl sites for hydroxylation is 1. The van der Waals surface area contributed by atoms with E-state index in [9.17, 15) is 0 Å². The van der Waals surface area contributed by atoms with Gasteiger partial charge in [0.15, 0.2) is 0 Å². The molecule has 0 radical (unpaired) electrons. The Bertz CT molecular complexity index is 389. The quantitative estimate of drug-likeness (QED) is 0.846. The molecule has 1 fully saturated rings. The lowest BCUT2D eigenvalue weighted by atomic mass is 9.98. The highest BCUT2D eigenvalue weighted by atomic mass is 16.3. The number of piperidine rings is 1. The van der Waals surface area contributed by atoms with E-state index in [-0.39, 0.29) is 0 Å². The second-order valence-corrected chi connectivity index (χ2v) is 4.84. The number of aliphatic hydroxyl groups excluding tert-OH is 1. The predicted molar refractivity (Wildman–Crippen MR) is 73.0 cm³/mol. The first-order valence-electron chi connectivity index (χ1n) is 6.68. The first kappa shape index (κ1) is 13.1. The van der Waals surface area contributed by atoms with Crippen molar-refractivity contribution in [1.82, 2.24) is 9.97 Å². The number of nitrogens with one attached hydrogen (secondary N) is 1. The van der Waals surface area contributed by atoms with Gasteiger partial charge < -0.3 is 15.3 Å². The average molecular weight is 250 g/mol. The highest BCUT2D eigenvalue weighted by molar-refractivity contribution is 5.49. The number of aromatic nitrogens is 2. The molecule has 0 atom stereocenters. The van der Waals surface area contributed by atoms with Crippen LogP contribution in [0.5, 0.6) is 0 Å². The minimum absolute atomic E-state index is 0.305. The summed E-state index contributed by atoms with van der Waals surface area (Å²) >= 11 is 0. The molecule has 0 aromatic carbocycles. The third-order valence-corrected chi connectivity index (χ3v) is 3.45. The van der Waals surface area contributed by atoms with E-state index in [4.69, 9.17) is 5.11 Å². The van der Waals surface area contributed by atoms with Crippen molar-refractivity contribution >= 4 is 11.8 Å². The van der Waals surface area contributed by atoms with Crippen molar-refractivity contribution in [3.05, 3.63) is 11.8 Å². The largest absolute Gasteiger partial charge is 0.396 e. The average Bonchev–Trinajstić information content (AvgIpc) is 2.41. The highest BCUT2D eigenvalue weighted by Gasteiger charge is 2.21. The SMILES string of the molecule is CCNc1ncc(C)c(N2CCC(CO)CC2)n1. The summed E-state index contributed by atoms with van der Waals surface area (Å²) in [5.74, 6) is 2.18. The van der Waals surface area contributed by atoms with Gasteiger partial charge in [-0.15, -0.1) is 0 Å². The molecule has 5 heteroatoms. The van der Waals surface area contributed by atoms with Crippen LogP contribution >= 0.6 is 0 Å². The fourth-order valence-corrected chi connectivity index (χ4v) is 2.32. The minimum atomic E-state index is 0.305. The molecule has 1 aromatic heterocycles. The monoisotopic (exact) mass is 250 g/mol. The molecule has 5 nitrogen and oxygen atoms in total. The van der Waals surface area contributed by atoms with Gasteiger partial charge in [-0.3, -0.25) is 0 Å². The summed E-state index contributed by atoms with van der Waals surface area (Å²) in [7, 11) is 0. The number of hydrogen-bond acceptors (Lipinski definition) is 5. The summed E-state index contributed by atoms with van der Waals surface area (Å²) in [5.41, 5.74) is 1.11. The van der Waals surface area contributed by atoms with Gasteiger partial charge in [0.1, 0.15) is 5.82 Å². The maximum Gasteiger partial charge on any atom is 0.224 e. The van der Waals surface area contributed by atoms with Crippen molar-refractivity contribution in [3.8, 4) is 0 Å². The van der Waals surface area contributed by atoms with Gasteiger partial charge in [-0.2, -0.15) is 4.98 Å². The van der Waals surface area contributed by atoms with Gasteiger partial charge in [0, 0.05) is 38.0 Å². The van der Waals surface area contributed by atoms with E-state index in [1.54, 1.807) is 0 Å². The molecule has 0 unspecified atom stereocenters. The van der Waals surface area contributed by atoms with E-state index < -0.39 is 0 Å². The maximum absolute atomic E-state index is 9.16. The molecule has 0 spiro atoms. The summed E-state index contributed by atoms with van der Waals surface area (Å²) in [6, 6.07) is 0. The summed E-state index contributed by atoms with van der Waals surface area (Å²) in [6.07, 6.45) is 3.95. The van der Waals surface area contributed by atoms with Crippen molar-refractivity contribution in [1.29, 1.82) is 0 Å². The molecule has 18 heavy (non-hydrogen) atoms. The zero-order valence-electron chi connectivity index (χ0n) is 11.2. The standard InChI is InChI=1S/C13H22N4O/c1-3-14-13-15-8-10(2)12(16-13)17-6-4-11(9-18)5-7-17/h8,11,18H,3-7,9H2,1-2H3,(H,14,15,16). The van der Waals surface area contributed by atoms with Crippen LogP contribution in [0.2, 0.25) is 0 Å². The molecule has 2 heterocycles. The van der Waals surface area contributed by atoms with Gasteiger partial charge >= 0.3 is 0 Å². The molecule has 1 aliphatic heterocycles. The Morgan fingerprint density at radius 2 is 2.17 bits per heavy atom. The zero-order valence-corrected chi connectivity index (χ0v) is 11.2. The van der Waals surface area contributed by atoms with Gasteiger partial charge in [0.05, 0.1) is 0 Å². The topological polar surface area (TPSA) is 61.3 Å². The molecule has 0 aliphatic carbocycles. The Morgan fingerprint density at radius 3 is 2.78 bits per heavy atom. The minimum Gasteiger partial charge on any atom is -0.396 e. The van der Waals surface area contributed by atoms with Crippen molar-refractivity contribution in [2.45, 2.75) is 26.7 Å². The van der Waals surface area contributed by atoms with Crippen LogP contribution in [0.3, 0.4) is 0 Å². The number of rotatable bonds is 4. The normalized spacial score (nSPS) is 16.9. The number of hydrogen-bond donors (Lipinski definition) is 2. The summed E-state index contributed by atoms with van der Waals surface area (Å²) < 4.78 is 0. The van der Waals surface area contributed by atoms with E-state index in [1.807, 2.05) is 20.0 Å². The van der Waals surface area contributed by atoms with E-state index >= 15 is 0 Å². The van der Waals surface area contributed by atoms with E-state index in [0.717, 1.165) is 43.9 Å². The number of anilines is 2. The van der Waals surface area contributed by atoms with Crippen LogP contribution < -0.4 is 10.2 Å². The molecule has 0 saturated carbocycles. The molecule has 2 rings (SSSR count). The highest BCUT2D eigenvalue weighted by Crippen LogP contribution is 2.24. The Morgan fingerprint density at radius 1 is 1.44 bits per heavy atom.